The Bertz CT molecular complexity index is 493. The number of hydrogen-bond acceptors (Lipinski definition) is 3. The first-order valence-electron chi connectivity index (χ1n) is 8.32. The zero-order valence-corrected chi connectivity index (χ0v) is 13.7. The van der Waals surface area contributed by atoms with Crippen LogP contribution >= 0.6 is 11.6 Å². The van der Waals surface area contributed by atoms with Crippen LogP contribution in [0, 0.1) is 5.92 Å². The van der Waals surface area contributed by atoms with E-state index in [0.29, 0.717) is 24.6 Å². The Morgan fingerprint density at radius 3 is 2.82 bits per heavy atom. The van der Waals surface area contributed by atoms with Gasteiger partial charge in [-0.1, -0.05) is 30.3 Å². The van der Waals surface area contributed by atoms with E-state index in [1.54, 1.807) is 0 Å². The van der Waals surface area contributed by atoms with Gasteiger partial charge in [0.2, 0.25) is 0 Å². The Morgan fingerprint density at radius 2 is 2.05 bits per heavy atom. The van der Waals surface area contributed by atoms with Gasteiger partial charge in [0.05, 0.1) is 12.6 Å². The third-order valence-electron chi connectivity index (χ3n) is 5.04. The van der Waals surface area contributed by atoms with E-state index in [4.69, 9.17) is 16.3 Å². The van der Waals surface area contributed by atoms with Gasteiger partial charge in [0.25, 0.3) is 0 Å². The summed E-state index contributed by atoms with van der Waals surface area (Å²) in [6.07, 6.45) is 6.44. The second-order valence-corrected chi connectivity index (χ2v) is 6.65. The second-order valence-electron chi connectivity index (χ2n) is 6.42. The van der Waals surface area contributed by atoms with Gasteiger partial charge in [0.15, 0.2) is 0 Å². The molecule has 3 unspecified atom stereocenters. The summed E-state index contributed by atoms with van der Waals surface area (Å²) in [5.41, 5.74) is 1.34. The van der Waals surface area contributed by atoms with Gasteiger partial charge in [0.1, 0.15) is 6.04 Å². The number of ether oxygens (including phenoxy) is 1. The van der Waals surface area contributed by atoms with E-state index >= 15 is 0 Å². The fourth-order valence-corrected chi connectivity index (χ4v) is 4.26. The highest BCUT2D eigenvalue weighted by atomic mass is 35.5. The van der Waals surface area contributed by atoms with Crippen molar-refractivity contribution in [1.29, 1.82) is 0 Å². The molecule has 1 aromatic rings. The molecular formula is C18H24ClNO2. The van der Waals surface area contributed by atoms with Crippen molar-refractivity contribution >= 4 is 17.6 Å². The van der Waals surface area contributed by atoms with E-state index in [9.17, 15) is 4.79 Å². The Balaban J connectivity index is 1.38. The molecule has 2 fully saturated rings. The van der Waals surface area contributed by atoms with Crippen molar-refractivity contribution in [1.82, 2.24) is 4.90 Å². The molecule has 1 saturated heterocycles. The van der Waals surface area contributed by atoms with Gasteiger partial charge in [-0.05, 0) is 50.0 Å². The summed E-state index contributed by atoms with van der Waals surface area (Å²) < 4.78 is 5.51. The molecule has 1 heterocycles. The molecule has 0 spiro atoms. The van der Waals surface area contributed by atoms with E-state index in [2.05, 4.69) is 29.2 Å². The predicted molar refractivity (Wildman–Crippen MR) is 87.8 cm³/mol. The monoisotopic (exact) mass is 321 g/mol. The number of carbonyl (C=O) groups excluding carboxylic acids is 1. The number of carbonyl (C=O) groups is 1. The third kappa shape index (κ3) is 3.47. The first-order valence-corrected chi connectivity index (χ1v) is 8.85. The number of halogens is 1. The van der Waals surface area contributed by atoms with Gasteiger partial charge in [-0.15, -0.1) is 11.6 Å². The highest BCUT2D eigenvalue weighted by Crippen LogP contribution is 2.42. The van der Waals surface area contributed by atoms with Crippen LogP contribution in [0.1, 0.15) is 37.7 Å². The van der Waals surface area contributed by atoms with E-state index in [1.807, 2.05) is 6.07 Å². The molecule has 1 saturated carbocycles. The highest BCUT2D eigenvalue weighted by molar-refractivity contribution is 6.17. The number of rotatable bonds is 7. The normalized spacial score (nSPS) is 27.2. The summed E-state index contributed by atoms with van der Waals surface area (Å²) >= 11 is 6.01. The number of aryl methyl sites for hydroxylation is 1. The van der Waals surface area contributed by atoms with Crippen molar-refractivity contribution in [2.45, 2.75) is 50.6 Å². The van der Waals surface area contributed by atoms with Crippen LogP contribution in [0.2, 0.25) is 0 Å². The average Bonchev–Trinajstić information content (AvgIpc) is 3.16. The molecular weight excluding hydrogens is 298 g/mol. The molecule has 0 aromatic heterocycles. The quantitative estimate of drug-likeness (QED) is 0.332. The van der Waals surface area contributed by atoms with Crippen LogP contribution in [0.3, 0.4) is 0 Å². The van der Waals surface area contributed by atoms with Crippen molar-refractivity contribution in [3.05, 3.63) is 35.9 Å². The van der Waals surface area contributed by atoms with Crippen molar-refractivity contribution in [2.75, 3.05) is 12.6 Å². The molecule has 2 bridgehead atoms. The topological polar surface area (TPSA) is 29.5 Å². The molecule has 4 heteroatoms. The van der Waals surface area contributed by atoms with Crippen molar-refractivity contribution in [3.63, 3.8) is 0 Å². The number of benzene rings is 1. The molecule has 3 rings (SSSR count). The summed E-state index contributed by atoms with van der Waals surface area (Å²) in [4.78, 5) is 14.4. The van der Waals surface area contributed by atoms with Crippen molar-refractivity contribution in [2.24, 2.45) is 5.92 Å². The summed E-state index contributed by atoms with van der Waals surface area (Å²) in [5, 5.41) is 0. The summed E-state index contributed by atoms with van der Waals surface area (Å²) in [7, 11) is 0. The number of fused-ring (bicyclic) bond motifs is 2. The Hall–Kier alpha value is -1.06. The molecule has 1 aromatic carbocycles. The first kappa shape index (κ1) is 15.8. The number of hydrogen-bond donors (Lipinski definition) is 0. The zero-order chi connectivity index (χ0) is 15.4. The summed E-state index contributed by atoms with van der Waals surface area (Å²) in [6.45, 7) is 0.523. The number of piperidine rings is 1. The lowest BCUT2D eigenvalue weighted by molar-refractivity contribution is -0.151. The minimum Gasteiger partial charge on any atom is -0.465 e. The van der Waals surface area contributed by atoms with Crippen LogP contribution in [0.25, 0.3) is 0 Å². The number of esters is 1. The number of unbranched alkanes of at least 4 members (excludes halogenated alkanes) is 1. The predicted octanol–water partition coefficient (Wildman–Crippen LogP) is 3.60. The lowest BCUT2D eigenvalue weighted by atomic mass is 9.99. The number of likely N-dealkylation sites (tertiary alicyclic amines) is 1. The van der Waals surface area contributed by atoms with E-state index in [0.717, 1.165) is 32.1 Å². The molecule has 1 aliphatic carbocycles. The third-order valence-corrected chi connectivity index (χ3v) is 5.32. The van der Waals surface area contributed by atoms with Crippen LogP contribution in [0.4, 0.5) is 0 Å². The standard InChI is InChI=1S/C18H24ClNO2/c19-13-20-16-10-9-15(12-16)17(20)18(21)22-11-5-4-8-14-6-2-1-3-7-14/h1-3,6-7,15-17H,4-5,8-13H2. The van der Waals surface area contributed by atoms with Crippen LogP contribution in [0.5, 0.6) is 0 Å². The molecule has 1 aliphatic heterocycles. The van der Waals surface area contributed by atoms with E-state index in [1.165, 1.54) is 12.0 Å². The van der Waals surface area contributed by atoms with Crippen LogP contribution in [-0.4, -0.2) is 35.6 Å². The summed E-state index contributed by atoms with van der Waals surface area (Å²) in [6, 6.07) is 11.3. The fourth-order valence-electron chi connectivity index (χ4n) is 3.91. The minimum atomic E-state index is -0.0922. The molecule has 3 atom stereocenters. The zero-order valence-electron chi connectivity index (χ0n) is 12.9. The van der Waals surface area contributed by atoms with Gasteiger partial charge >= 0.3 is 5.97 Å². The van der Waals surface area contributed by atoms with E-state index < -0.39 is 0 Å². The number of alkyl halides is 1. The molecule has 0 N–H and O–H groups in total. The van der Waals surface area contributed by atoms with Gasteiger partial charge in [-0.25, -0.2) is 0 Å². The molecule has 3 nitrogen and oxygen atoms in total. The Morgan fingerprint density at radius 1 is 1.23 bits per heavy atom. The SMILES string of the molecule is O=C(OCCCCc1ccccc1)C1C2CCC(C2)N1CCl. The largest absolute Gasteiger partial charge is 0.465 e. The smallest absolute Gasteiger partial charge is 0.323 e. The Kier molecular flexibility index (Phi) is 5.37. The first-order chi connectivity index (χ1) is 10.8. The van der Waals surface area contributed by atoms with Gasteiger partial charge in [-0.2, -0.15) is 0 Å². The van der Waals surface area contributed by atoms with E-state index in [-0.39, 0.29) is 12.0 Å². The minimum absolute atomic E-state index is 0.0624. The van der Waals surface area contributed by atoms with Crippen molar-refractivity contribution in [3.8, 4) is 0 Å². The maximum absolute atomic E-state index is 12.3. The lowest BCUT2D eigenvalue weighted by Gasteiger charge is -2.31. The fraction of sp³-hybridized carbons (Fsp3) is 0.611. The summed E-state index contributed by atoms with van der Waals surface area (Å²) in [5.74, 6) is 0.396. The lowest BCUT2D eigenvalue weighted by Crippen LogP contribution is -2.45. The Labute approximate surface area is 137 Å². The molecule has 0 amide bonds. The van der Waals surface area contributed by atoms with Crippen molar-refractivity contribution < 1.29 is 9.53 Å². The van der Waals surface area contributed by atoms with Gasteiger partial charge < -0.3 is 4.74 Å². The van der Waals surface area contributed by atoms with Crippen LogP contribution < -0.4 is 0 Å². The van der Waals surface area contributed by atoms with Gasteiger partial charge in [0, 0.05) is 6.04 Å². The maximum Gasteiger partial charge on any atom is 0.323 e. The molecule has 120 valence electrons. The second kappa shape index (κ2) is 7.47. The maximum atomic E-state index is 12.3. The van der Waals surface area contributed by atoms with Crippen LogP contribution in [-0.2, 0) is 16.0 Å². The van der Waals surface area contributed by atoms with Gasteiger partial charge in [-0.3, -0.25) is 9.69 Å². The number of nitrogens with zero attached hydrogens (tertiary/aromatic N) is 1. The molecule has 0 radical (unpaired) electrons. The molecule has 2 aliphatic rings. The van der Waals surface area contributed by atoms with Crippen LogP contribution in [0.15, 0.2) is 30.3 Å². The molecule has 22 heavy (non-hydrogen) atoms. The highest BCUT2D eigenvalue weighted by Gasteiger charge is 2.49. The average molecular weight is 322 g/mol.